The Morgan fingerprint density at radius 1 is 0.985 bits per heavy atom. The van der Waals surface area contributed by atoms with E-state index in [0.717, 1.165) is 46.6 Å². The van der Waals surface area contributed by atoms with Gasteiger partial charge in [-0.2, -0.15) is 4.98 Å². The third-order valence-electron chi connectivity index (χ3n) is 14.1. The number of ether oxygens (including phenoxy) is 2. The summed E-state index contributed by atoms with van der Waals surface area (Å²) in [5, 5.41) is 2.87. The predicted octanol–water partition coefficient (Wildman–Crippen LogP) is 9.89. The highest BCUT2D eigenvalue weighted by atomic mass is 32.2. The van der Waals surface area contributed by atoms with Crippen LogP contribution in [0.5, 0.6) is 6.01 Å². The number of Topliss-reactive ketones (excluding diaryl/α,β-unsaturated/α-hetero) is 1. The number of hydrogen-bond acceptors (Lipinski definition) is 11. The number of aromatic nitrogens is 3. The van der Waals surface area contributed by atoms with Crippen LogP contribution in [0.3, 0.4) is 0 Å². The Kier molecular flexibility index (Phi) is 13.2. The van der Waals surface area contributed by atoms with Crippen LogP contribution in [0.4, 0.5) is 0 Å². The van der Waals surface area contributed by atoms with Gasteiger partial charge >= 0.3 is 5.97 Å². The van der Waals surface area contributed by atoms with Gasteiger partial charge in [0.1, 0.15) is 22.2 Å². The molecule has 67 heavy (non-hydrogen) atoms. The standard InChI is InChI=1S/C52H67N5O8S2/c1-32(2)57-40-19-15-18-38(45-53-39(31-66-45)33-20-22-35(23-21-33)49(3,4)5)44(40)54-48(57)64-37-27-41-42(58)29-52(47(61)55-67(62,63)51(9)24-25-51)28-36(52)17-14-12-10-11-13-16-34(46(60)56(41)30-37)26-43(59)65-50(6,7)8/h14-15,17-23,31-32,34,36-37,41H,10-13,16,24-30H2,1-9H3,(H,55,61)/b17-14-/t34-,36-,37-,41+,52-/m1/s1. The van der Waals surface area contributed by atoms with Gasteiger partial charge < -0.3 is 14.4 Å². The van der Waals surface area contributed by atoms with E-state index in [4.69, 9.17) is 19.4 Å². The van der Waals surface area contributed by atoms with Crippen molar-refractivity contribution in [3.63, 3.8) is 0 Å². The molecule has 4 aliphatic rings. The maximum atomic E-state index is 14.9. The lowest BCUT2D eigenvalue weighted by Crippen LogP contribution is -2.47. The maximum absolute atomic E-state index is 14.9. The second-order valence-corrected chi connectivity index (χ2v) is 25.0. The van der Waals surface area contributed by atoms with E-state index in [0.29, 0.717) is 43.6 Å². The zero-order valence-corrected chi connectivity index (χ0v) is 42.1. The summed E-state index contributed by atoms with van der Waals surface area (Å²) in [6.45, 7) is 17.7. The molecule has 0 unspecified atom stereocenters. The Balaban J connectivity index is 1.11. The highest BCUT2D eigenvalue weighted by molar-refractivity contribution is 7.91. The molecule has 4 heterocycles. The smallest absolute Gasteiger partial charge is 0.307 e. The minimum absolute atomic E-state index is 0.0358. The predicted molar refractivity (Wildman–Crippen MR) is 261 cm³/mol. The molecule has 15 heteroatoms. The van der Waals surface area contributed by atoms with Crippen molar-refractivity contribution in [2.45, 2.75) is 167 Å². The minimum atomic E-state index is -3.97. The van der Waals surface area contributed by atoms with Crippen LogP contribution < -0.4 is 9.46 Å². The number of hydrogen-bond donors (Lipinski definition) is 1. The summed E-state index contributed by atoms with van der Waals surface area (Å²) >= 11 is 1.54. The molecule has 2 amide bonds. The molecule has 1 saturated heterocycles. The largest absolute Gasteiger partial charge is 0.460 e. The first kappa shape index (κ1) is 48.6. The van der Waals surface area contributed by atoms with Gasteiger partial charge in [-0.25, -0.2) is 13.4 Å². The van der Waals surface area contributed by atoms with E-state index in [-0.39, 0.29) is 54.9 Å². The van der Waals surface area contributed by atoms with Crippen LogP contribution in [0.2, 0.25) is 0 Å². The summed E-state index contributed by atoms with van der Waals surface area (Å²) < 4.78 is 42.6. The number of sulfonamides is 1. The lowest BCUT2D eigenvalue weighted by molar-refractivity contribution is -0.159. The first-order chi connectivity index (χ1) is 31.5. The van der Waals surface area contributed by atoms with Crippen LogP contribution in [0.15, 0.2) is 60.0 Å². The molecule has 360 valence electrons. The number of carbonyl (C=O) groups excluding carboxylic acids is 4. The third-order valence-corrected chi connectivity index (χ3v) is 17.1. The summed E-state index contributed by atoms with van der Waals surface area (Å²) in [5.74, 6) is -2.93. The van der Waals surface area contributed by atoms with Gasteiger partial charge in [0.25, 0.3) is 6.01 Å². The number of thiazole rings is 1. The second-order valence-electron chi connectivity index (χ2n) is 21.9. The molecule has 2 aliphatic heterocycles. The van der Waals surface area contributed by atoms with Crippen molar-refractivity contribution in [1.82, 2.24) is 24.2 Å². The van der Waals surface area contributed by atoms with E-state index in [1.54, 1.807) is 43.9 Å². The molecule has 2 aliphatic carbocycles. The summed E-state index contributed by atoms with van der Waals surface area (Å²) in [6.07, 6.45) is 7.76. The number of para-hydroxylation sites is 1. The number of amides is 2. The SMILES string of the molecule is CC(C)n1c(O[C@@H]2C[C@H]3C(=O)C[C@]4(C(=O)NS(=O)(=O)C5(C)CC5)C[C@H]4/C=C\CCCCC[C@H](CC(=O)OC(C)(C)C)C(=O)N3C2)nc2c(-c3nc(-c4ccc(C(C)(C)C)cc4)cs3)cccc21. The molecule has 8 rings (SSSR count). The van der Waals surface area contributed by atoms with E-state index in [1.807, 2.05) is 48.8 Å². The molecule has 2 aromatic heterocycles. The molecule has 1 N–H and O–H groups in total. The number of benzene rings is 2. The van der Waals surface area contributed by atoms with Crippen molar-refractivity contribution in [2.24, 2.45) is 17.3 Å². The normalized spacial score (nSPS) is 25.2. The quantitative estimate of drug-likeness (QED) is 0.119. The fourth-order valence-electron chi connectivity index (χ4n) is 9.67. The molecule has 13 nitrogen and oxygen atoms in total. The number of nitrogens with zero attached hydrogens (tertiary/aromatic N) is 4. The molecule has 5 atom stereocenters. The summed E-state index contributed by atoms with van der Waals surface area (Å²) in [6, 6.07) is 13.8. The van der Waals surface area contributed by atoms with Gasteiger partial charge in [0, 0.05) is 41.3 Å². The Morgan fingerprint density at radius 2 is 1.72 bits per heavy atom. The molecule has 2 saturated carbocycles. The lowest BCUT2D eigenvalue weighted by Gasteiger charge is -2.29. The number of imidazole rings is 1. The highest BCUT2D eigenvalue weighted by Crippen LogP contribution is 2.58. The number of nitrogens with one attached hydrogen (secondary N) is 1. The van der Waals surface area contributed by atoms with Crippen LogP contribution in [-0.4, -0.2) is 80.5 Å². The first-order valence-electron chi connectivity index (χ1n) is 24.0. The van der Waals surface area contributed by atoms with E-state index in [1.165, 1.54) is 5.56 Å². The van der Waals surface area contributed by atoms with Crippen molar-refractivity contribution < 1.29 is 37.1 Å². The summed E-state index contributed by atoms with van der Waals surface area (Å²) in [5.41, 5.74) is 3.57. The van der Waals surface area contributed by atoms with Crippen molar-refractivity contribution in [1.29, 1.82) is 0 Å². The highest BCUT2D eigenvalue weighted by Gasteiger charge is 2.62. The van der Waals surface area contributed by atoms with Crippen LogP contribution >= 0.6 is 11.3 Å². The molecular weight excluding hydrogens is 887 g/mol. The Labute approximate surface area is 399 Å². The van der Waals surface area contributed by atoms with Crippen LogP contribution in [0, 0.1) is 17.3 Å². The van der Waals surface area contributed by atoms with Crippen molar-refractivity contribution >= 4 is 56.0 Å². The number of esters is 1. The van der Waals surface area contributed by atoms with E-state index < -0.39 is 55.7 Å². The Bertz CT molecular complexity index is 2680. The molecule has 0 bridgehead atoms. The molecule has 0 spiro atoms. The average molecular weight is 954 g/mol. The van der Waals surface area contributed by atoms with Crippen LogP contribution in [0.1, 0.15) is 145 Å². The van der Waals surface area contributed by atoms with Gasteiger partial charge in [-0.15, -0.1) is 11.3 Å². The molecular formula is C52H67N5O8S2. The number of ketones is 1. The van der Waals surface area contributed by atoms with E-state index >= 15 is 0 Å². The van der Waals surface area contributed by atoms with E-state index in [9.17, 15) is 27.6 Å². The Hall–Kier alpha value is -4.89. The fraction of sp³-hybridized carbons (Fsp3) is 0.577. The van der Waals surface area contributed by atoms with Gasteiger partial charge in [-0.1, -0.05) is 76.1 Å². The van der Waals surface area contributed by atoms with E-state index in [2.05, 4.69) is 55.1 Å². The molecule has 0 radical (unpaired) electrons. The summed E-state index contributed by atoms with van der Waals surface area (Å²) in [7, 11) is -3.97. The summed E-state index contributed by atoms with van der Waals surface area (Å²) in [4.78, 5) is 69.0. The third kappa shape index (κ3) is 10.3. The topological polar surface area (TPSA) is 167 Å². The van der Waals surface area contributed by atoms with Gasteiger partial charge in [0.15, 0.2) is 5.78 Å². The number of allylic oxidation sites excluding steroid dienone is 2. The lowest BCUT2D eigenvalue weighted by atomic mass is 9.86. The minimum Gasteiger partial charge on any atom is -0.460 e. The number of fused-ring (bicyclic) bond motifs is 3. The van der Waals surface area contributed by atoms with Gasteiger partial charge in [0.2, 0.25) is 21.8 Å². The number of rotatable bonds is 10. The first-order valence-corrected chi connectivity index (χ1v) is 26.4. The molecule has 3 fully saturated rings. The zero-order chi connectivity index (χ0) is 48.3. The molecule has 4 aromatic rings. The van der Waals surface area contributed by atoms with Gasteiger partial charge in [-0.05, 0) is 109 Å². The monoisotopic (exact) mass is 953 g/mol. The van der Waals surface area contributed by atoms with Crippen molar-refractivity contribution in [2.75, 3.05) is 6.54 Å². The number of carbonyl (C=O) groups is 4. The van der Waals surface area contributed by atoms with Crippen molar-refractivity contribution in [3.8, 4) is 27.8 Å². The van der Waals surface area contributed by atoms with Crippen molar-refractivity contribution in [3.05, 3.63) is 65.6 Å². The maximum Gasteiger partial charge on any atom is 0.307 e. The second kappa shape index (κ2) is 18.2. The van der Waals surface area contributed by atoms with Gasteiger partial charge in [-0.3, -0.25) is 28.5 Å². The Morgan fingerprint density at radius 3 is 2.39 bits per heavy atom. The fourth-order valence-corrected chi connectivity index (χ4v) is 11.9. The van der Waals surface area contributed by atoms with Crippen LogP contribution in [-0.2, 0) is 39.4 Å². The average Bonchev–Trinajstić information content (AvgIpc) is 3.92. The zero-order valence-electron chi connectivity index (χ0n) is 40.5. The van der Waals surface area contributed by atoms with Gasteiger partial charge in [0.05, 0.1) is 40.4 Å². The molecule has 2 aromatic carbocycles. The van der Waals surface area contributed by atoms with Crippen LogP contribution in [0.25, 0.3) is 32.9 Å².